The molecule has 0 atom stereocenters. The summed E-state index contributed by atoms with van der Waals surface area (Å²) in [6, 6.07) is 0. The van der Waals surface area contributed by atoms with E-state index in [0.29, 0.717) is 5.69 Å². The molecule has 0 spiro atoms. The zero-order valence-corrected chi connectivity index (χ0v) is 7.93. The van der Waals surface area contributed by atoms with E-state index in [1.165, 1.54) is 0 Å². The summed E-state index contributed by atoms with van der Waals surface area (Å²) in [6.07, 6.45) is 1.14. The molecule has 0 radical (unpaired) electrons. The number of halogens is 2. The summed E-state index contributed by atoms with van der Waals surface area (Å²) < 4.78 is 0. The number of pyridine rings is 1. The Kier molecular flexibility index (Phi) is 3.08. The fourth-order valence-corrected chi connectivity index (χ4v) is 1.26. The van der Waals surface area contributed by atoms with E-state index in [1.54, 1.807) is 0 Å². The summed E-state index contributed by atoms with van der Waals surface area (Å²) in [5.74, 6) is -1.16. The maximum Gasteiger partial charge on any atom is 0.338 e. The van der Waals surface area contributed by atoms with Crippen molar-refractivity contribution in [2.24, 2.45) is 5.73 Å². The molecule has 0 aliphatic heterocycles. The van der Waals surface area contributed by atoms with Crippen molar-refractivity contribution >= 4 is 29.2 Å². The number of carbonyl (C=O) groups is 1. The lowest BCUT2D eigenvalue weighted by Gasteiger charge is -2.04. The van der Waals surface area contributed by atoms with E-state index >= 15 is 0 Å². The summed E-state index contributed by atoms with van der Waals surface area (Å²) >= 11 is 11.4. The van der Waals surface area contributed by atoms with Gasteiger partial charge in [0.1, 0.15) is 0 Å². The molecule has 6 heteroatoms. The van der Waals surface area contributed by atoms with Gasteiger partial charge in [0.05, 0.1) is 21.3 Å². The maximum atomic E-state index is 10.6. The Morgan fingerprint density at radius 2 is 2.15 bits per heavy atom. The van der Waals surface area contributed by atoms with Crippen LogP contribution in [0.1, 0.15) is 16.1 Å². The van der Waals surface area contributed by atoms with Crippen LogP contribution in [0.4, 0.5) is 0 Å². The number of nitrogens with two attached hydrogens (primary N) is 1. The van der Waals surface area contributed by atoms with Crippen molar-refractivity contribution < 1.29 is 9.90 Å². The lowest BCUT2D eigenvalue weighted by molar-refractivity contribution is 0.0696. The molecule has 13 heavy (non-hydrogen) atoms. The van der Waals surface area contributed by atoms with Crippen LogP contribution in [0, 0.1) is 0 Å². The van der Waals surface area contributed by atoms with Crippen molar-refractivity contribution in [2.45, 2.75) is 6.54 Å². The molecular weight excluding hydrogens is 215 g/mol. The third-order valence-corrected chi connectivity index (χ3v) is 2.35. The number of carboxylic acids is 1. The molecule has 1 aromatic rings. The zero-order chi connectivity index (χ0) is 10.0. The first-order valence-electron chi connectivity index (χ1n) is 3.34. The molecule has 0 fully saturated rings. The summed E-state index contributed by atoms with van der Waals surface area (Å²) in [5, 5.41) is 8.72. The number of rotatable bonds is 2. The molecule has 0 aliphatic carbocycles. The Morgan fingerprint density at radius 1 is 1.54 bits per heavy atom. The van der Waals surface area contributed by atoms with Crippen LogP contribution in [0.15, 0.2) is 6.20 Å². The van der Waals surface area contributed by atoms with E-state index in [0.717, 1.165) is 6.20 Å². The molecule has 0 bridgehead atoms. The summed E-state index contributed by atoms with van der Waals surface area (Å²) in [4.78, 5) is 14.3. The van der Waals surface area contributed by atoms with Crippen LogP contribution < -0.4 is 5.73 Å². The highest BCUT2D eigenvalue weighted by molar-refractivity contribution is 6.44. The minimum Gasteiger partial charge on any atom is -0.478 e. The fraction of sp³-hybridized carbons (Fsp3) is 0.143. The lowest BCUT2D eigenvalue weighted by Crippen LogP contribution is -2.05. The van der Waals surface area contributed by atoms with Crippen LogP contribution in [-0.2, 0) is 6.54 Å². The van der Waals surface area contributed by atoms with Crippen LogP contribution in [0.2, 0.25) is 10.0 Å². The second-order valence-corrected chi connectivity index (χ2v) is 3.01. The average molecular weight is 221 g/mol. The molecule has 0 amide bonds. The van der Waals surface area contributed by atoms with E-state index in [1.807, 2.05) is 0 Å². The quantitative estimate of drug-likeness (QED) is 0.794. The standard InChI is InChI=1S/C7H6Cl2N2O2/c8-5-3(7(12)13)2-11-4(1-10)6(5)9/h2H,1,10H2,(H,12,13). The minimum atomic E-state index is -1.16. The molecule has 0 aromatic carbocycles. The summed E-state index contributed by atoms with van der Waals surface area (Å²) in [5.41, 5.74) is 5.56. The van der Waals surface area contributed by atoms with Crippen LogP contribution in [-0.4, -0.2) is 16.1 Å². The molecule has 0 saturated heterocycles. The first kappa shape index (κ1) is 10.2. The van der Waals surface area contributed by atoms with Gasteiger partial charge < -0.3 is 10.8 Å². The highest BCUT2D eigenvalue weighted by Crippen LogP contribution is 2.27. The Bertz CT molecular complexity index is 355. The molecule has 0 saturated carbocycles. The molecule has 1 heterocycles. The second-order valence-electron chi connectivity index (χ2n) is 2.26. The van der Waals surface area contributed by atoms with Gasteiger partial charge in [0.2, 0.25) is 0 Å². The van der Waals surface area contributed by atoms with Crippen molar-refractivity contribution in [1.29, 1.82) is 0 Å². The number of hydrogen-bond donors (Lipinski definition) is 2. The van der Waals surface area contributed by atoms with E-state index in [4.69, 9.17) is 34.0 Å². The molecular formula is C7H6Cl2N2O2. The van der Waals surface area contributed by atoms with Gasteiger partial charge in [0.25, 0.3) is 0 Å². The fourth-order valence-electron chi connectivity index (χ4n) is 0.792. The lowest BCUT2D eigenvalue weighted by atomic mass is 10.2. The van der Waals surface area contributed by atoms with Gasteiger partial charge in [-0.3, -0.25) is 4.98 Å². The summed E-state index contributed by atoms with van der Waals surface area (Å²) in [7, 11) is 0. The van der Waals surface area contributed by atoms with Crippen LogP contribution >= 0.6 is 23.2 Å². The summed E-state index contributed by atoms with van der Waals surface area (Å²) in [6.45, 7) is 0.123. The molecule has 3 N–H and O–H groups in total. The Hall–Kier alpha value is -0.840. The number of nitrogens with zero attached hydrogens (tertiary/aromatic N) is 1. The van der Waals surface area contributed by atoms with Gasteiger partial charge in [-0.1, -0.05) is 23.2 Å². The van der Waals surface area contributed by atoms with Crippen molar-refractivity contribution in [2.75, 3.05) is 0 Å². The maximum absolute atomic E-state index is 10.6. The molecule has 1 aromatic heterocycles. The molecule has 70 valence electrons. The highest BCUT2D eigenvalue weighted by Gasteiger charge is 2.14. The number of carboxylic acid groups (broad SMARTS) is 1. The van der Waals surface area contributed by atoms with E-state index in [2.05, 4.69) is 4.98 Å². The first-order valence-corrected chi connectivity index (χ1v) is 4.09. The van der Waals surface area contributed by atoms with Gasteiger partial charge in [-0.15, -0.1) is 0 Å². The Balaban J connectivity index is 3.31. The molecule has 4 nitrogen and oxygen atoms in total. The average Bonchev–Trinajstić information content (AvgIpc) is 2.09. The normalized spacial score (nSPS) is 10.1. The molecule has 0 aliphatic rings. The Labute approximate surface area is 84.3 Å². The topological polar surface area (TPSA) is 76.2 Å². The van der Waals surface area contributed by atoms with E-state index in [9.17, 15) is 4.79 Å². The zero-order valence-electron chi connectivity index (χ0n) is 6.42. The first-order chi connectivity index (χ1) is 6.07. The third kappa shape index (κ3) is 1.91. The van der Waals surface area contributed by atoms with Crippen LogP contribution in [0.25, 0.3) is 0 Å². The van der Waals surface area contributed by atoms with Crippen molar-refractivity contribution in [1.82, 2.24) is 4.98 Å². The molecule has 1 rings (SSSR count). The number of aromatic nitrogens is 1. The Morgan fingerprint density at radius 3 is 2.62 bits per heavy atom. The third-order valence-electron chi connectivity index (χ3n) is 1.46. The van der Waals surface area contributed by atoms with Gasteiger partial charge in [-0.25, -0.2) is 4.79 Å². The monoisotopic (exact) mass is 220 g/mol. The van der Waals surface area contributed by atoms with Gasteiger partial charge in [0.15, 0.2) is 0 Å². The SMILES string of the molecule is NCc1ncc(C(=O)O)c(Cl)c1Cl. The highest BCUT2D eigenvalue weighted by atomic mass is 35.5. The number of hydrogen-bond acceptors (Lipinski definition) is 3. The van der Waals surface area contributed by atoms with Crippen LogP contribution in [0.3, 0.4) is 0 Å². The smallest absolute Gasteiger partial charge is 0.338 e. The van der Waals surface area contributed by atoms with Gasteiger partial charge >= 0.3 is 5.97 Å². The van der Waals surface area contributed by atoms with E-state index in [-0.39, 0.29) is 22.2 Å². The predicted molar refractivity (Wildman–Crippen MR) is 49.1 cm³/mol. The van der Waals surface area contributed by atoms with Crippen molar-refractivity contribution in [3.63, 3.8) is 0 Å². The van der Waals surface area contributed by atoms with Gasteiger partial charge in [0, 0.05) is 12.7 Å². The predicted octanol–water partition coefficient (Wildman–Crippen LogP) is 1.55. The second kappa shape index (κ2) is 3.91. The van der Waals surface area contributed by atoms with Crippen LogP contribution in [0.5, 0.6) is 0 Å². The van der Waals surface area contributed by atoms with Gasteiger partial charge in [-0.2, -0.15) is 0 Å². The largest absolute Gasteiger partial charge is 0.478 e. The van der Waals surface area contributed by atoms with E-state index < -0.39 is 5.97 Å². The van der Waals surface area contributed by atoms with Gasteiger partial charge in [-0.05, 0) is 0 Å². The number of aromatic carboxylic acids is 1. The molecule has 0 unspecified atom stereocenters. The van der Waals surface area contributed by atoms with Crippen molar-refractivity contribution in [3.05, 3.63) is 27.5 Å². The van der Waals surface area contributed by atoms with Crippen molar-refractivity contribution in [3.8, 4) is 0 Å². The minimum absolute atomic E-state index is 0.0235.